The Balaban J connectivity index is 1.56. The number of hydrogen-bond acceptors (Lipinski definition) is 7. The SMILES string of the molecule is Cc1cc2c(N[C@@H]3CCCN(c4ncc[nH]c4=O)C3)ncnc2s1. The van der Waals surface area contributed by atoms with Crippen LogP contribution in [0.2, 0.25) is 0 Å². The molecule has 1 aliphatic rings. The maximum absolute atomic E-state index is 12.0. The average molecular weight is 342 g/mol. The fourth-order valence-corrected chi connectivity index (χ4v) is 3.99. The van der Waals surface area contributed by atoms with Gasteiger partial charge >= 0.3 is 0 Å². The molecule has 7 nitrogen and oxygen atoms in total. The number of H-pyrrole nitrogens is 1. The molecule has 4 rings (SSSR count). The van der Waals surface area contributed by atoms with Crippen LogP contribution in [0.1, 0.15) is 17.7 Å². The lowest BCUT2D eigenvalue weighted by Crippen LogP contribution is -2.44. The minimum absolute atomic E-state index is 0.143. The standard InChI is InChI=1S/C16H18N6OS/c1-10-7-12-13(19-9-20-16(12)24-10)21-11-3-2-6-22(8-11)14-15(23)18-5-4-17-14/h4-5,7,9,11H,2-3,6,8H2,1H3,(H,18,23)(H,19,20,21)/t11-/m1/s1. The number of aromatic amines is 1. The van der Waals surface area contributed by atoms with E-state index in [-0.39, 0.29) is 11.6 Å². The number of piperidine rings is 1. The summed E-state index contributed by atoms with van der Waals surface area (Å²) < 4.78 is 0. The summed E-state index contributed by atoms with van der Waals surface area (Å²) in [6, 6.07) is 2.34. The number of nitrogens with zero attached hydrogens (tertiary/aromatic N) is 4. The molecular formula is C16H18N6OS. The molecule has 0 saturated carbocycles. The molecule has 3 aromatic rings. The summed E-state index contributed by atoms with van der Waals surface area (Å²) in [7, 11) is 0. The van der Waals surface area contributed by atoms with Crippen LogP contribution in [0.15, 0.2) is 29.6 Å². The molecule has 0 amide bonds. The van der Waals surface area contributed by atoms with Gasteiger partial charge in [-0.25, -0.2) is 15.0 Å². The van der Waals surface area contributed by atoms with E-state index in [0.29, 0.717) is 5.82 Å². The average Bonchev–Trinajstić information content (AvgIpc) is 2.97. The number of fused-ring (bicyclic) bond motifs is 1. The normalized spacial score (nSPS) is 18.0. The fraction of sp³-hybridized carbons (Fsp3) is 0.375. The zero-order chi connectivity index (χ0) is 16.5. The van der Waals surface area contributed by atoms with Gasteiger partial charge in [0.25, 0.3) is 5.56 Å². The first-order chi connectivity index (χ1) is 11.7. The number of rotatable bonds is 3. The van der Waals surface area contributed by atoms with Crippen molar-refractivity contribution in [1.82, 2.24) is 19.9 Å². The summed E-state index contributed by atoms with van der Waals surface area (Å²) in [4.78, 5) is 31.9. The van der Waals surface area contributed by atoms with Crippen molar-refractivity contribution >= 4 is 33.2 Å². The van der Waals surface area contributed by atoms with Crippen LogP contribution in [0, 0.1) is 6.92 Å². The molecule has 1 saturated heterocycles. The summed E-state index contributed by atoms with van der Waals surface area (Å²) in [5.41, 5.74) is -0.143. The van der Waals surface area contributed by atoms with Crippen molar-refractivity contribution < 1.29 is 0 Å². The predicted octanol–water partition coefficient (Wildman–Crippen LogP) is 2.16. The highest BCUT2D eigenvalue weighted by molar-refractivity contribution is 7.18. The van der Waals surface area contributed by atoms with Crippen molar-refractivity contribution in [2.45, 2.75) is 25.8 Å². The summed E-state index contributed by atoms with van der Waals surface area (Å²) in [5.74, 6) is 1.36. The number of thiophene rings is 1. The largest absolute Gasteiger partial charge is 0.365 e. The lowest BCUT2D eigenvalue weighted by molar-refractivity contribution is 0.524. The minimum Gasteiger partial charge on any atom is -0.365 e. The van der Waals surface area contributed by atoms with Crippen molar-refractivity contribution in [3.63, 3.8) is 0 Å². The van der Waals surface area contributed by atoms with Crippen molar-refractivity contribution in [1.29, 1.82) is 0 Å². The molecule has 0 bridgehead atoms. The fourth-order valence-electron chi connectivity index (χ4n) is 3.14. The molecule has 24 heavy (non-hydrogen) atoms. The number of nitrogens with one attached hydrogen (secondary N) is 2. The maximum atomic E-state index is 12.0. The molecule has 1 aliphatic heterocycles. The van der Waals surface area contributed by atoms with Crippen molar-refractivity contribution in [3.8, 4) is 0 Å². The molecule has 0 radical (unpaired) electrons. The van der Waals surface area contributed by atoms with Gasteiger partial charge in [0.15, 0.2) is 5.82 Å². The van der Waals surface area contributed by atoms with Gasteiger partial charge in [-0.05, 0) is 25.8 Å². The monoisotopic (exact) mass is 342 g/mol. The molecule has 1 atom stereocenters. The third-order valence-electron chi connectivity index (χ3n) is 4.20. The van der Waals surface area contributed by atoms with Gasteiger partial charge in [-0.1, -0.05) is 0 Å². The molecule has 0 spiro atoms. The van der Waals surface area contributed by atoms with Gasteiger partial charge in [-0.15, -0.1) is 11.3 Å². The van der Waals surface area contributed by atoms with E-state index < -0.39 is 0 Å². The van der Waals surface area contributed by atoms with Gasteiger partial charge in [0.1, 0.15) is 17.0 Å². The smallest absolute Gasteiger partial charge is 0.290 e. The minimum atomic E-state index is -0.143. The lowest BCUT2D eigenvalue weighted by atomic mass is 10.1. The highest BCUT2D eigenvalue weighted by Crippen LogP contribution is 2.28. The van der Waals surface area contributed by atoms with Crippen LogP contribution in [0.5, 0.6) is 0 Å². The number of aromatic nitrogens is 4. The molecule has 0 aromatic carbocycles. The number of hydrogen-bond donors (Lipinski definition) is 2. The first kappa shape index (κ1) is 15.1. The van der Waals surface area contributed by atoms with E-state index in [2.05, 4.69) is 38.2 Å². The highest BCUT2D eigenvalue weighted by atomic mass is 32.1. The second kappa shape index (κ2) is 6.20. The predicted molar refractivity (Wildman–Crippen MR) is 95.9 cm³/mol. The van der Waals surface area contributed by atoms with Crippen molar-refractivity contribution in [2.75, 3.05) is 23.3 Å². The highest BCUT2D eigenvalue weighted by Gasteiger charge is 2.23. The molecule has 4 heterocycles. The van der Waals surface area contributed by atoms with Crippen molar-refractivity contribution in [3.05, 3.63) is 40.0 Å². The van der Waals surface area contributed by atoms with E-state index in [1.165, 1.54) is 4.88 Å². The van der Waals surface area contributed by atoms with Gasteiger partial charge in [0.2, 0.25) is 0 Å². The first-order valence-electron chi connectivity index (χ1n) is 7.97. The molecule has 0 unspecified atom stereocenters. The molecule has 1 fully saturated rings. The topological polar surface area (TPSA) is 86.8 Å². The summed E-state index contributed by atoms with van der Waals surface area (Å²) >= 11 is 1.67. The van der Waals surface area contributed by atoms with Gasteiger partial charge in [-0.2, -0.15) is 0 Å². The van der Waals surface area contributed by atoms with Crippen LogP contribution < -0.4 is 15.8 Å². The number of aryl methyl sites for hydroxylation is 1. The Morgan fingerprint density at radius 2 is 2.29 bits per heavy atom. The zero-order valence-corrected chi connectivity index (χ0v) is 14.1. The number of anilines is 2. The van der Waals surface area contributed by atoms with Crippen LogP contribution >= 0.6 is 11.3 Å². The van der Waals surface area contributed by atoms with Gasteiger partial charge in [0, 0.05) is 36.4 Å². The van der Waals surface area contributed by atoms with E-state index in [1.54, 1.807) is 30.1 Å². The van der Waals surface area contributed by atoms with Gasteiger partial charge < -0.3 is 15.2 Å². The van der Waals surface area contributed by atoms with Gasteiger partial charge in [0.05, 0.1) is 5.39 Å². The zero-order valence-electron chi connectivity index (χ0n) is 13.3. The molecule has 2 N–H and O–H groups in total. The summed E-state index contributed by atoms with van der Waals surface area (Å²) in [6.45, 7) is 3.65. The molecule has 0 aliphatic carbocycles. The Hall–Kier alpha value is -2.48. The van der Waals surface area contributed by atoms with Crippen LogP contribution in [0.3, 0.4) is 0 Å². The van der Waals surface area contributed by atoms with E-state index in [0.717, 1.165) is 42.0 Å². The molecular weight excluding hydrogens is 324 g/mol. The Morgan fingerprint density at radius 3 is 3.17 bits per heavy atom. The Labute approximate surface area is 142 Å². The lowest BCUT2D eigenvalue weighted by Gasteiger charge is -2.33. The third kappa shape index (κ3) is 2.84. The van der Waals surface area contributed by atoms with E-state index >= 15 is 0 Å². The summed E-state index contributed by atoms with van der Waals surface area (Å²) in [5, 5.41) is 4.59. The Morgan fingerprint density at radius 1 is 1.38 bits per heavy atom. The summed E-state index contributed by atoms with van der Waals surface area (Å²) in [6.07, 6.45) is 6.82. The van der Waals surface area contributed by atoms with E-state index in [4.69, 9.17) is 0 Å². The Kier molecular flexibility index (Phi) is 3.89. The van der Waals surface area contributed by atoms with Crippen LogP contribution in [-0.4, -0.2) is 39.1 Å². The quantitative estimate of drug-likeness (QED) is 0.758. The van der Waals surface area contributed by atoms with Gasteiger partial charge in [-0.3, -0.25) is 4.79 Å². The van der Waals surface area contributed by atoms with E-state index in [9.17, 15) is 4.79 Å². The molecule has 8 heteroatoms. The second-order valence-electron chi connectivity index (χ2n) is 5.97. The first-order valence-corrected chi connectivity index (χ1v) is 8.78. The second-order valence-corrected chi connectivity index (χ2v) is 7.20. The third-order valence-corrected chi connectivity index (χ3v) is 5.16. The van der Waals surface area contributed by atoms with Crippen LogP contribution in [-0.2, 0) is 0 Å². The molecule has 124 valence electrons. The van der Waals surface area contributed by atoms with Crippen LogP contribution in [0.25, 0.3) is 10.2 Å². The van der Waals surface area contributed by atoms with Crippen LogP contribution in [0.4, 0.5) is 11.6 Å². The maximum Gasteiger partial charge on any atom is 0.290 e. The molecule has 3 aromatic heterocycles. The Bertz CT molecular complexity index is 920. The van der Waals surface area contributed by atoms with E-state index in [1.807, 2.05) is 4.90 Å². The van der Waals surface area contributed by atoms with Crippen molar-refractivity contribution in [2.24, 2.45) is 0 Å².